The van der Waals surface area contributed by atoms with Gasteiger partial charge in [0.15, 0.2) is 11.5 Å². The number of ether oxygens (including phenoxy) is 1. The summed E-state index contributed by atoms with van der Waals surface area (Å²) in [5.41, 5.74) is 6.23. The predicted octanol–water partition coefficient (Wildman–Crippen LogP) is 4.07. The van der Waals surface area contributed by atoms with E-state index in [-0.39, 0.29) is 19.1 Å². The molecule has 3 N–H and O–H groups in total. The van der Waals surface area contributed by atoms with Crippen LogP contribution in [-0.2, 0) is 4.74 Å². The summed E-state index contributed by atoms with van der Waals surface area (Å²) in [5.74, 6) is 0.477. The second kappa shape index (κ2) is 8.69. The Balaban J connectivity index is 1.18. The number of hydrogen-bond acceptors (Lipinski definition) is 6. The van der Waals surface area contributed by atoms with Gasteiger partial charge in [-0.3, -0.25) is 0 Å². The molecule has 5 rings (SSSR count). The minimum atomic E-state index is -1.22. The summed E-state index contributed by atoms with van der Waals surface area (Å²) in [6, 6.07) is 21.2. The number of carbonyl (C=O) groups is 1. The number of carbonyl (C=O) groups excluding carboxylic acids is 1. The van der Waals surface area contributed by atoms with E-state index in [1.165, 1.54) is 0 Å². The molecule has 2 atom stereocenters. The molecule has 1 aromatic heterocycles. The summed E-state index contributed by atoms with van der Waals surface area (Å²) in [6.45, 7) is 1.76. The van der Waals surface area contributed by atoms with Gasteiger partial charge in [0.1, 0.15) is 24.3 Å². The molecule has 33 heavy (non-hydrogen) atoms. The summed E-state index contributed by atoms with van der Waals surface area (Å²) in [5, 5.41) is 23.4. The van der Waals surface area contributed by atoms with E-state index in [4.69, 9.17) is 9.15 Å². The van der Waals surface area contributed by atoms with Crippen LogP contribution in [0.2, 0.25) is 0 Å². The number of aromatic nitrogens is 1. The third-order valence-electron chi connectivity index (χ3n) is 6.02. The molecule has 1 aliphatic carbocycles. The lowest BCUT2D eigenvalue weighted by Crippen LogP contribution is -2.36. The number of aliphatic hydroxyl groups is 2. The normalized spacial score (nSPS) is 14.5. The molecule has 1 heterocycles. The fourth-order valence-electron chi connectivity index (χ4n) is 4.41. The summed E-state index contributed by atoms with van der Waals surface area (Å²) in [6.07, 6.45) is -3.06. The van der Waals surface area contributed by atoms with Crippen LogP contribution in [0.4, 0.5) is 4.79 Å². The predicted molar refractivity (Wildman–Crippen MR) is 123 cm³/mol. The highest BCUT2D eigenvalue weighted by Crippen LogP contribution is 2.44. The standard InChI is InChI=1S/C26H24N2O5/c1-15-28-22-11-10-16(12-24(22)33-15)25(30)23(29)13-27-26(31)32-14-21-19-8-4-2-6-17(19)18-7-3-5-9-20(18)21/h2-12,21,23,25,29-30H,13-14H2,1H3,(H,27,31). The van der Waals surface area contributed by atoms with Gasteiger partial charge in [0, 0.05) is 19.4 Å². The Labute approximate surface area is 190 Å². The van der Waals surface area contributed by atoms with Gasteiger partial charge in [-0.05, 0) is 39.9 Å². The second-order valence-electron chi connectivity index (χ2n) is 8.18. The van der Waals surface area contributed by atoms with E-state index < -0.39 is 18.3 Å². The third kappa shape index (κ3) is 4.08. The maximum Gasteiger partial charge on any atom is 0.407 e. The Morgan fingerprint density at radius 3 is 2.42 bits per heavy atom. The molecule has 168 valence electrons. The number of nitrogens with zero attached hydrogens (tertiary/aromatic N) is 1. The Bertz CT molecular complexity index is 1270. The fourth-order valence-corrected chi connectivity index (χ4v) is 4.41. The van der Waals surface area contributed by atoms with E-state index >= 15 is 0 Å². The molecule has 2 unspecified atom stereocenters. The Kier molecular flexibility index (Phi) is 5.58. The second-order valence-corrected chi connectivity index (χ2v) is 8.18. The lowest BCUT2D eigenvalue weighted by molar-refractivity contribution is 0.0186. The van der Waals surface area contributed by atoms with Crippen molar-refractivity contribution < 1.29 is 24.2 Å². The van der Waals surface area contributed by atoms with Crippen molar-refractivity contribution in [3.05, 3.63) is 89.3 Å². The molecule has 0 aliphatic heterocycles. The first-order chi connectivity index (χ1) is 16.0. The first-order valence-corrected chi connectivity index (χ1v) is 10.8. The van der Waals surface area contributed by atoms with Gasteiger partial charge in [-0.25, -0.2) is 9.78 Å². The molecule has 3 aromatic carbocycles. The maximum absolute atomic E-state index is 12.3. The van der Waals surface area contributed by atoms with Crippen LogP contribution in [0.25, 0.3) is 22.2 Å². The van der Waals surface area contributed by atoms with E-state index in [0.29, 0.717) is 22.6 Å². The first-order valence-electron chi connectivity index (χ1n) is 10.8. The number of oxazole rings is 1. The van der Waals surface area contributed by atoms with Crippen molar-refractivity contribution >= 4 is 17.2 Å². The van der Waals surface area contributed by atoms with Gasteiger partial charge in [0.25, 0.3) is 0 Å². The SMILES string of the molecule is Cc1nc2ccc(C(O)C(O)CNC(=O)OCC3c4ccccc4-c4ccccc43)cc2o1. The summed E-state index contributed by atoms with van der Waals surface area (Å²) in [7, 11) is 0. The van der Waals surface area contributed by atoms with Gasteiger partial charge in [0.2, 0.25) is 0 Å². The summed E-state index contributed by atoms with van der Waals surface area (Å²) in [4.78, 5) is 16.5. The molecule has 1 amide bonds. The molecule has 7 heteroatoms. The minimum Gasteiger partial charge on any atom is -0.449 e. The quantitative estimate of drug-likeness (QED) is 0.414. The van der Waals surface area contributed by atoms with Gasteiger partial charge in [-0.2, -0.15) is 0 Å². The van der Waals surface area contributed by atoms with E-state index in [0.717, 1.165) is 22.3 Å². The highest BCUT2D eigenvalue weighted by Gasteiger charge is 2.29. The molecule has 0 spiro atoms. The van der Waals surface area contributed by atoms with E-state index in [1.807, 2.05) is 36.4 Å². The molecular weight excluding hydrogens is 420 g/mol. The van der Waals surface area contributed by atoms with Crippen molar-refractivity contribution in [1.29, 1.82) is 0 Å². The summed E-state index contributed by atoms with van der Waals surface area (Å²) >= 11 is 0. The van der Waals surface area contributed by atoms with Gasteiger partial charge in [-0.15, -0.1) is 0 Å². The van der Waals surface area contributed by atoms with Gasteiger partial charge in [0.05, 0.1) is 0 Å². The number of aryl methyl sites for hydroxylation is 1. The molecule has 0 bridgehead atoms. The molecule has 0 saturated carbocycles. The maximum atomic E-state index is 12.3. The third-order valence-corrected chi connectivity index (χ3v) is 6.02. The zero-order chi connectivity index (χ0) is 22.9. The molecule has 0 radical (unpaired) electrons. The highest BCUT2D eigenvalue weighted by molar-refractivity contribution is 5.79. The van der Waals surface area contributed by atoms with E-state index in [9.17, 15) is 15.0 Å². The summed E-state index contributed by atoms with van der Waals surface area (Å²) < 4.78 is 10.9. The Hall–Kier alpha value is -3.68. The number of fused-ring (bicyclic) bond motifs is 4. The topological polar surface area (TPSA) is 105 Å². The number of benzene rings is 3. The van der Waals surface area contributed by atoms with Crippen molar-refractivity contribution in [2.24, 2.45) is 0 Å². The molecule has 7 nitrogen and oxygen atoms in total. The average molecular weight is 444 g/mol. The lowest BCUT2D eigenvalue weighted by Gasteiger charge is -2.19. The fraction of sp³-hybridized carbons (Fsp3) is 0.231. The lowest BCUT2D eigenvalue weighted by atomic mass is 9.98. The number of aliphatic hydroxyl groups excluding tert-OH is 2. The number of rotatable bonds is 6. The van der Waals surface area contributed by atoms with Crippen LogP contribution >= 0.6 is 0 Å². The van der Waals surface area contributed by atoms with Crippen LogP contribution in [0.1, 0.15) is 34.6 Å². The largest absolute Gasteiger partial charge is 0.449 e. The molecular formula is C26H24N2O5. The van der Waals surface area contributed by atoms with Crippen LogP contribution in [0, 0.1) is 6.92 Å². The van der Waals surface area contributed by atoms with Crippen LogP contribution in [0.3, 0.4) is 0 Å². The van der Waals surface area contributed by atoms with E-state index in [1.54, 1.807) is 25.1 Å². The van der Waals surface area contributed by atoms with Crippen LogP contribution in [-0.4, -0.2) is 40.5 Å². The monoisotopic (exact) mass is 444 g/mol. The molecule has 4 aromatic rings. The molecule has 0 saturated heterocycles. The number of nitrogens with one attached hydrogen (secondary N) is 1. The van der Waals surface area contributed by atoms with Gasteiger partial charge >= 0.3 is 6.09 Å². The van der Waals surface area contributed by atoms with Crippen molar-refractivity contribution in [2.45, 2.75) is 25.0 Å². The van der Waals surface area contributed by atoms with Gasteiger partial charge in [-0.1, -0.05) is 54.6 Å². The minimum absolute atomic E-state index is 0.0456. The van der Waals surface area contributed by atoms with Crippen molar-refractivity contribution in [3.63, 3.8) is 0 Å². The van der Waals surface area contributed by atoms with Crippen molar-refractivity contribution in [3.8, 4) is 11.1 Å². The van der Waals surface area contributed by atoms with Crippen LogP contribution < -0.4 is 5.32 Å². The zero-order valence-electron chi connectivity index (χ0n) is 18.1. The number of alkyl carbamates (subject to hydrolysis) is 1. The van der Waals surface area contributed by atoms with Crippen molar-refractivity contribution in [2.75, 3.05) is 13.2 Å². The number of hydrogen-bond donors (Lipinski definition) is 3. The zero-order valence-corrected chi connectivity index (χ0v) is 18.1. The van der Waals surface area contributed by atoms with Crippen molar-refractivity contribution in [1.82, 2.24) is 10.3 Å². The highest BCUT2D eigenvalue weighted by atomic mass is 16.5. The average Bonchev–Trinajstić information content (AvgIpc) is 3.37. The smallest absolute Gasteiger partial charge is 0.407 e. The Morgan fingerprint density at radius 2 is 1.73 bits per heavy atom. The number of amides is 1. The van der Waals surface area contributed by atoms with E-state index in [2.05, 4.69) is 22.4 Å². The van der Waals surface area contributed by atoms with Gasteiger partial charge < -0.3 is 24.7 Å². The first kappa shape index (κ1) is 21.2. The van der Waals surface area contributed by atoms with Crippen LogP contribution in [0.15, 0.2) is 71.1 Å². The Morgan fingerprint density at radius 1 is 1.06 bits per heavy atom. The molecule has 0 fully saturated rings. The van der Waals surface area contributed by atoms with Crippen LogP contribution in [0.5, 0.6) is 0 Å². The molecule has 1 aliphatic rings.